The molecule has 1 spiro atoms. The van der Waals surface area contributed by atoms with E-state index in [1.54, 1.807) is 24.1 Å². The number of β-amino-alcohol motifs (C(OH)–C–C–N with tert-alkyl or cyclic N) is 1. The van der Waals surface area contributed by atoms with E-state index in [1.807, 2.05) is 24.3 Å². The Morgan fingerprint density at radius 2 is 1.81 bits per heavy atom. The molecule has 53 heavy (non-hydrogen) atoms. The molecule has 16 heteroatoms. The van der Waals surface area contributed by atoms with Crippen LogP contribution in [0.15, 0.2) is 58.6 Å². The van der Waals surface area contributed by atoms with Crippen LogP contribution in [0.1, 0.15) is 30.0 Å². The van der Waals surface area contributed by atoms with Gasteiger partial charge in [0.05, 0.1) is 46.2 Å². The number of urea groups is 1. The Morgan fingerprint density at radius 1 is 1.06 bits per heavy atom. The van der Waals surface area contributed by atoms with Crippen LogP contribution < -0.4 is 26.3 Å². The van der Waals surface area contributed by atoms with Gasteiger partial charge in [0.25, 0.3) is 0 Å². The number of hydrogen-bond donors (Lipinski definition) is 2. The molecule has 14 nitrogen and oxygen atoms in total. The van der Waals surface area contributed by atoms with E-state index in [9.17, 15) is 19.8 Å². The molecule has 2 fully saturated rings. The summed E-state index contributed by atoms with van der Waals surface area (Å²) in [6.07, 6.45) is 3.81. The summed E-state index contributed by atoms with van der Waals surface area (Å²) in [5.74, 6) is 0.140. The predicted molar refractivity (Wildman–Crippen MR) is 196 cm³/mol. The van der Waals surface area contributed by atoms with Crippen molar-refractivity contribution < 1.29 is 19.7 Å². The Bertz CT molecular complexity index is 2400. The number of carbonyl (C=O) groups is 1. The molecule has 0 saturated carbocycles. The van der Waals surface area contributed by atoms with Crippen LogP contribution in [-0.2, 0) is 20.5 Å². The molecule has 1 aromatic heterocycles. The van der Waals surface area contributed by atoms with Crippen LogP contribution in [0.4, 0.5) is 10.5 Å². The third-order valence-corrected chi connectivity index (χ3v) is 11.5. The van der Waals surface area contributed by atoms with Crippen LogP contribution in [0.25, 0.3) is 33.8 Å². The predicted octanol–water partition coefficient (Wildman–Crippen LogP) is 3.42. The number of nitrogens with zero attached hydrogens (tertiary/aromatic N) is 8. The van der Waals surface area contributed by atoms with E-state index in [0.29, 0.717) is 63.6 Å². The lowest BCUT2D eigenvalue weighted by Crippen LogP contribution is -2.46. The second kappa shape index (κ2) is 13.4. The van der Waals surface area contributed by atoms with Gasteiger partial charge < -0.3 is 29.7 Å². The summed E-state index contributed by atoms with van der Waals surface area (Å²) in [6, 6.07) is 13.1. The van der Waals surface area contributed by atoms with Crippen LogP contribution in [0, 0.1) is 0 Å². The monoisotopic (exact) mass is 756 g/mol. The Balaban J connectivity index is 1.12. The molecule has 2 amide bonds. The Hall–Kier alpha value is -5.02. The van der Waals surface area contributed by atoms with E-state index in [4.69, 9.17) is 32.9 Å². The smallest absolute Gasteiger partial charge is 0.328 e. The molecule has 3 aromatic rings. The fourth-order valence-electron chi connectivity index (χ4n) is 8.06. The summed E-state index contributed by atoms with van der Waals surface area (Å²) in [7, 11) is 4.55. The molecule has 2 aromatic carbocycles. The number of halogens is 2. The van der Waals surface area contributed by atoms with Gasteiger partial charge in [-0.15, -0.1) is 0 Å². The maximum atomic E-state index is 13.1. The van der Waals surface area contributed by atoms with Gasteiger partial charge in [-0.1, -0.05) is 53.5 Å². The van der Waals surface area contributed by atoms with Crippen LogP contribution in [0.3, 0.4) is 0 Å². The number of aromatic nitrogens is 5. The fourth-order valence-corrected chi connectivity index (χ4v) is 8.65. The lowest BCUT2D eigenvalue weighted by Gasteiger charge is -2.28. The van der Waals surface area contributed by atoms with E-state index >= 15 is 0 Å². The third-order valence-electron chi connectivity index (χ3n) is 10.7. The van der Waals surface area contributed by atoms with Gasteiger partial charge in [0.1, 0.15) is 12.2 Å². The average molecular weight is 758 g/mol. The molecular weight excluding hydrogens is 721 g/mol. The largest absolute Gasteiger partial charge is 0.859 e. The van der Waals surface area contributed by atoms with Crippen molar-refractivity contribution in [1.82, 2.24) is 39.2 Å². The number of methoxy groups -OCH3 is 1. The number of aliphatic hydroxyl groups excluding tert-OH is 1. The number of benzene rings is 2. The number of aryl methyl sites for hydroxylation is 1. The quantitative estimate of drug-likeness (QED) is 0.253. The molecule has 8 rings (SSSR count). The van der Waals surface area contributed by atoms with Crippen molar-refractivity contribution in [2.45, 2.75) is 30.8 Å². The zero-order chi connectivity index (χ0) is 37.2. The maximum absolute atomic E-state index is 13.1. The van der Waals surface area contributed by atoms with Crippen molar-refractivity contribution in [3.05, 3.63) is 85.9 Å². The Labute approximate surface area is 314 Å². The van der Waals surface area contributed by atoms with Gasteiger partial charge in [-0.2, -0.15) is 0 Å². The first-order chi connectivity index (χ1) is 25.5. The molecule has 2 N–H and O–H groups in total. The second-order valence-corrected chi connectivity index (χ2v) is 14.5. The minimum atomic E-state index is -0.564. The number of rotatable bonds is 7. The number of fused-ring (bicyclic) bond motifs is 2. The Kier molecular flexibility index (Phi) is 8.88. The fraction of sp³-hybridized carbons (Fsp3) is 0.351. The zero-order valence-electron chi connectivity index (χ0n) is 29.3. The lowest BCUT2D eigenvalue weighted by molar-refractivity contribution is -0.278. The summed E-state index contributed by atoms with van der Waals surface area (Å²) in [5.41, 5.74) is 4.52. The summed E-state index contributed by atoms with van der Waals surface area (Å²) in [6.45, 7) is 2.37. The second-order valence-electron chi connectivity index (χ2n) is 13.7. The number of nitrogens with one attached hydrogen (secondary N) is 1. The molecule has 2 saturated heterocycles. The highest BCUT2D eigenvalue weighted by atomic mass is 35.5. The van der Waals surface area contributed by atoms with Crippen molar-refractivity contribution in [3.8, 4) is 45.5 Å². The number of pyridine rings is 1. The molecule has 0 unspecified atom stereocenters. The van der Waals surface area contributed by atoms with Crippen molar-refractivity contribution >= 4 is 34.9 Å². The van der Waals surface area contributed by atoms with E-state index in [-0.39, 0.29) is 41.1 Å². The normalized spacial score (nSPS) is 20.2. The molecular formula is C37H36Cl2N9O5-. The summed E-state index contributed by atoms with van der Waals surface area (Å²) in [5, 5.41) is 26.4. The van der Waals surface area contributed by atoms with Gasteiger partial charge in [-0.3, -0.25) is 9.47 Å². The lowest BCUT2D eigenvalue weighted by atomic mass is 9.99. The van der Waals surface area contributed by atoms with Crippen LogP contribution in [0.5, 0.6) is 11.8 Å². The third kappa shape index (κ3) is 5.80. The minimum Gasteiger partial charge on any atom is -0.859 e. The van der Waals surface area contributed by atoms with E-state index < -0.39 is 11.6 Å². The summed E-state index contributed by atoms with van der Waals surface area (Å²) >= 11 is 14.2. The minimum absolute atomic E-state index is 0.0630. The molecule has 0 bridgehead atoms. The first kappa shape index (κ1) is 35.0. The first-order valence-corrected chi connectivity index (χ1v) is 18.0. The SMILES string of the molecule is COc1nc(-c2cccc(-c3cccc(N=c4ncnc5n(C)c(=O)n(C)c([O-])c4-5)c3Cl)c2Cl)cc2c1[C@H](N1CC[C@]3(CN(CCO)C(=O)N3)C1)CC2. The number of aliphatic hydroxyl groups is 1. The first-order valence-electron chi connectivity index (χ1n) is 17.2. The molecule has 2 atom stereocenters. The van der Waals surface area contributed by atoms with Gasteiger partial charge in [0.15, 0.2) is 5.49 Å². The summed E-state index contributed by atoms with van der Waals surface area (Å²) in [4.78, 5) is 47.2. The molecule has 274 valence electrons. The van der Waals surface area contributed by atoms with Gasteiger partial charge in [0, 0.05) is 68.6 Å². The number of hydrogen-bond acceptors (Lipinski definition) is 10. The maximum Gasteiger partial charge on any atom is 0.328 e. The van der Waals surface area contributed by atoms with Crippen molar-refractivity contribution in [2.24, 2.45) is 19.1 Å². The molecule has 4 aliphatic heterocycles. The topological polar surface area (TPSA) is 166 Å². The molecule has 0 radical (unpaired) electrons. The van der Waals surface area contributed by atoms with Gasteiger partial charge in [0.2, 0.25) is 5.88 Å². The van der Waals surface area contributed by atoms with Crippen molar-refractivity contribution in [3.63, 3.8) is 0 Å². The summed E-state index contributed by atoms with van der Waals surface area (Å²) < 4.78 is 8.19. The number of amides is 2. The highest BCUT2D eigenvalue weighted by Gasteiger charge is 2.49. The standard InChI is InChI=1S/C37H37Cl2N9O5/c1-45-32-28(34(50)46(2)36(45)52)31(40-19-41-32)42-24-9-5-7-22(30(24)39)21-6-4-8-23(29(21)38)25-16-20-10-11-26(27(20)33(43-25)53-3)47-13-12-37(17-47)18-48(14-15-49)35(51)44-37/h4-9,16,19,26,49-50H,10-15,17-18H2,1-3H3,(H,44,51)/p-1/t26-,37-/m1/s1. The van der Waals surface area contributed by atoms with Crippen molar-refractivity contribution in [2.75, 3.05) is 39.9 Å². The van der Waals surface area contributed by atoms with Crippen molar-refractivity contribution in [1.29, 1.82) is 0 Å². The van der Waals surface area contributed by atoms with Crippen LogP contribution in [-0.4, -0.2) is 90.5 Å². The number of ether oxygens (including phenoxy) is 1. The van der Waals surface area contributed by atoms with Crippen LogP contribution >= 0.6 is 23.2 Å². The average Bonchev–Trinajstić information content (AvgIpc) is 3.86. The molecule has 5 heterocycles. The highest BCUT2D eigenvalue weighted by Crippen LogP contribution is 2.47. The van der Waals surface area contributed by atoms with Gasteiger partial charge in [-0.25, -0.2) is 29.5 Å². The number of carbonyl (C=O) groups excluding carboxylic acids is 1. The molecule has 5 aliphatic rings. The number of likely N-dealkylation sites (tertiary alicyclic amines) is 1. The van der Waals surface area contributed by atoms with Crippen LogP contribution in [0.2, 0.25) is 10.0 Å². The van der Waals surface area contributed by atoms with E-state index in [1.165, 1.54) is 25.0 Å². The molecule has 1 aliphatic carbocycles. The Morgan fingerprint density at radius 3 is 2.58 bits per heavy atom. The van der Waals surface area contributed by atoms with E-state index in [2.05, 4.69) is 31.2 Å². The zero-order valence-corrected chi connectivity index (χ0v) is 30.8. The van der Waals surface area contributed by atoms with E-state index in [0.717, 1.165) is 41.5 Å². The van der Waals surface area contributed by atoms with Gasteiger partial charge in [-0.05, 0) is 42.8 Å². The van der Waals surface area contributed by atoms with Gasteiger partial charge >= 0.3 is 11.7 Å². The highest BCUT2D eigenvalue weighted by molar-refractivity contribution is 6.39.